The van der Waals surface area contributed by atoms with Crippen molar-refractivity contribution in [3.8, 4) is 0 Å². The maximum Gasteiger partial charge on any atom is 0.307 e. The van der Waals surface area contributed by atoms with Gasteiger partial charge in [0, 0.05) is 32.7 Å². The molecule has 4 nitrogen and oxygen atoms in total. The molecule has 0 saturated carbocycles. The maximum absolute atomic E-state index is 11.2. The lowest BCUT2D eigenvalue weighted by Gasteiger charge is -2.34. The minimum absolute atomic E-state index is 0.0708. The molecule has 1 aliphatic rings. The predicted octanol–water partition coefficient (Wildman–Crippen LogP) is 0.967. The van der Waals surface area contributed by atoms with E-state index in [1.54, 1.807) is 0 Å². The molecule has 1 rings (SSSR count). The largest absolute Gasteiger partial charge is 0.466 e. The van der Waals surface area contributed by atoms with Gasteiger partial charge in [0.05, 0.1) is 13.0 Å². The highest BCUT2D eigenvalue weighted by atomic mass is 16.5. The summed E-state index contributed by atoms with van der Waals surface area (Å²) in [5, 5.41) is 0. The molecule has 0 bridgehead atoms. The first kappa shape index (κ1) is 13.5. The van der Waals surface area contributed by atoms with E-state index < -0.39 is 0 Å². The van der Waals surface area contributed by atoms with Gasteiger partial charge in [0.2, 0.25) is 0 Å². The highest BCUT2D eigenvalue weighted by Gasteiger charge is 2.16. The van der Waals surface area contributed by atoms with Crippen molar-refractivity contribution in [2.75, 3.05) is 45.9 Å². The first-order valence-corrected chi connectivity index (χ1v) is 6.36. The number of rotatable bonds is 6. The minimum atomic E-state index is -0.0708. The zero-order valence-electron chi connectivity index (χ0n) is 10.6. The molecule has 0 unspecified atom stereocenters. The van der Waals surface area contributed by atoms with Gasteiger partial charge in [0.25, 0.3) is 0 Å². The molecular formula is C12H24N2O2. The summed E-state index contributed by atoms with van der Waals surface area (Å²) in [6.45, 7) is 11.0. The second-order valence-corrected chi connectivity index (χ2v) is 4.24. The molecule has 0 amide bonds. The highest BCUT2D eigenvalue weighted by molar-refractivity contribution is 5.69. The molecule has 1 aliphatic heterocycles. The topological polar surface area (TPSA) is 32.8 Å². The van der Waals surface area contributed by atoms with Gasteiger partial charge < -0.3 is 14.5 Å². The summed E-state index contributed by atoms with van der Waals surface area (Å²) in [4.78, 5) is 16.0. The van der Waals surface area contributed by atoms with E-state index in [9.17, 15) is 4.79 Å². The monoisotopic (exact) mass is 228 g/mol. The lowest BCUT2D eigenvalue weighted by Crippen LogP contribution is -2.46. The first-order chi connectivity index (χ1) is 7.76. The smallest absolute Gasteiger partial charge is 0.307 e. The number of piperazine rings is 1. The van der Waals surface area contributed by atoms with Crippen molar-refractivity contribution in [2.45, 2.75) is 26.7 Å². The fraction of sp³-hybridized carbons (Fsp3) is 0.917. The molecule has 0 N–H and O–H groups in total. The SMILES string of the molecule is CCCN1CCN(CCC(=O)OCC)CC1. The Morgan fingerprint density at radius 1 is 1.06 bits per heavy atom. The number of hydrogen-bond acceptors (Lipinski definition) is 4. The van der Waals surface area contributed by atoms with Gasteiger partial charge in [0.15, 0.2) is 0 Å². The molecule has 0 aromatic rings. The third-order valence-electron chi connectivity index (χ3n) is 2.94. The Bertz CT molecular complexity index is 201. The lowest BCUT2D eigenvalue weighted by atomic mass is 10.2. The summed E-state index contributed by atoms with van der Waals surface area (Å²) in [6.07, 6.45) is 1.75. The third kappa shape index (κ3) is 4.94. The van der Waals surface area contributed by atoms with Crippen LogP contribution in [0.5, 0.6) is 0 Å². The van der Waals surface area contributed by atoms with E-state index in [1.165, 1.54) is 13.0 Å². The van der Waals surface area contributed by atoms with Gasteiger partial charge in [-0.25, -0.2) is 0 Å². The van der Waals surface area contributed by atoms with Crippen molar-refractivity contribution in [1.82, 2.24) is 9.80 Å². The Kier molecular flexibility index (Phi) is 6.42. The van der Waals surface area contributed by atoms with Crippen LogP contribution in [0.3, 0.4) is 0 Å². The van der Waals surface area contributed by atoms with Crippen molar-refractivity contribution < 1.29 is 9.53 Å². The number of esters is 1. The Morgan fingerprint density at radius 3 is 2.12 bits per heavy atom. The van der Waals surface area contributed by atoms with Crippen molar-refractivity contribution in [1.29, 1.82) is 0 Å². The van der Waals surface area contributed by atoms with Gasteiger partial charge in [-0.15, -0.1) is 0 Å². The predicted molar refractivity (Wildman–Crippen MR) is 64.4 cm³/mol. The van der Waals surface area contributed by atoms with Gasteiger partial charge in [0.1, 0.15) is 0 Å². The van der Waals surface area contributed by atoms with Crippen LogP contribution in [0.25, 0.3) is 0 Å². The Balaban J connectivity index is 2.10. The van der Waals surface area contributed by atoms with E-state index in [0.717, 1.165) is 32.7 Å². The molecule has 16 heavy (non-hydrogen) atoms. The zero-order chi connectivity index (χ0) is 11.8. The van der Waals surface area contributed by atoms with Gasteiger partial charge in [-0.2, -0.15) is 0 Å². The lowest BCUT2D eigenvalue weighted by molar-refractivity contribution is -0.143. The quantitative estimate of drug-likeness (QED) is 0.634. The first-order valence-electron chi connectivity index (χ1n) is 6.36. The van der Waals surface area contributed by atoms with E-state index in [1.807, 2.05) is 6.92 Å². The number of carbonyl (C=O) groups excluding carboxylic acids is 1. The van der Waals surface area contributed by atoms with Crippen LogP contribution in [0.15, 0.2) is 0 Å². The average molecular weight is 228 g/mol. The molecule has 0 radical (unpaired) electrons. The van der Waals surface area contributed by atoms with E-state index in [0.29, 0.717) is 13.0 Å². The number of hydrogen-bond donors (Lipinski definition) is 0. The van der Waals surface area contributed by atoms with E-state index in [-0.39, 0.29) is 5.97 Å². The number of nitrogens with zero attached hydrogens (tertiary/aromatic N) is 2. The third-order valence-corrected chi connectivity index (χ3v) is 2.94. The van der Waals surface area contributed by atoms with Crippen molar-refractivity contribution in [2.24, 2.45) is 0 Å². The molecule has 1 fully saturated rings. The van der Waals surface area contributed by atoms with E-state index >= 15 is 0 Å². The van der Waals surface area contributed by atoms with Crippen LogP contribution in [0.4, 0.5) is 0 Å². The Morgan fingerprint density at radius 2 is 1.62 bits per heavy atom. The molecule has 0 aliphatic carbocycles. The summed E-state index contributed by atoms with van der Waals surface area (Å²) in [7, 11) is 0. The van der Waals surface area contributed by atoms with Crippen LogP contribution in [0, 0.1) is 0 Å². The Labute approximate surface area is 98.5 Å². The zero-order valence-corrected chi connectivity index (χ0v) is 10.6. The van der Waals surface area contributed by atoms with Crippen LogP contribution < -0.4 is 0 Å². The molecule has 1 saturated heterocycles. The molecule has 0 aromatic heterocycles. The summed E-state index contributed by atoms with van der Waals surface area (Å²) < 4.78 is 4.92. The molecule has 1 heterocycles. The molecular weight excluding hydrogens is 204 g/mol. The van der Waals surface area contributed by atoms with Crippen LogP contribution in [0.2, 0.25) is 0 Å². The molecule has 0 spiro atoms. The van der Waals surface area contributed by atoms with E-state index in [2.05, 4.69) is 16.7 Å². The highest BCUT2D eigenvalue weighted by Crippen LogP contribution is 2.03. The van der Waals surface area contributed by atoms with E-state index in [4.69, 9.17) is 4.74 Å². The number of ether oxygens (including phenoxy) is 1. The normalized spacial score (nSPS) is 18.6. The standard InChI is InChI=1S/C12H24N2O2/c1-3-6-13-8-10-14(11-9-13)7-5-12(15)16-4-2/h3-11H2,1-2H3. The summed E-state index contributed by atoms with van der Waals surface area (Å²) >= 11 is 0. The summed E-state index contributed by atoms with van der Waals surface area (Å²) in [5.74, 6) is -0.0708. The van der Waals surface area contributed by atoms with Crippen LogP contribution in [-0.2, 0) is 9.53 Å². The van der Waals surface area contributed by atoms with Crippen LogP contribution in [0.1, 0.15) is 26.7 Å². The van der Waals surface area contributed by atoms with Gasteiger partial charge in [-0.05, 0) is 19.9 Å². The second-order valence-electron chi connectivity index (χ2n) is 4.24. The molecule has 0 aromatic carbocycles. The fourth-order valence-electron chi connectivity index (χ4n) is 2.04. The Hall–Kier alpha value is -0.610. The van der Waals surface area contributed by atoms with Gasteiger partial charge in [-0.1, -0.05) is 6.92 Å². The number of carbonyl (C=O) groups is 1. The second kappa shape index (κ2) is 7.63. The van der Waals surface area contributed by atoms with Gasteiger partial charge >= 0.3 is 5.97 Å². The molecule has 94 valence electrons. The molecule has 0 atom stereocenters. The van der Waals surface area contributed by atoms with Crippen LogP contribution >= 0.6 is 0 Å². The average Bonchev–Trinajstić information content (AvgIpc) is 2.29. The van der Waals surface area contributed by atoms with Crippen molar-refractivity contribution in [3.63, 3.8) is 0 Å². The fourth-order valence-corrected chi connectivity index (χ4v) is 2.04. The van der Waals surface area contributed by atoms with Crippen molar-refractivity contribution >= 4 is 5.97 Å². The van der Waals surface area contributed by atoms with Crippen molar-refractivity contribution in [3.05, 3.63) is 0 Å². The molecule has 4 heteroatoms. The maximum atomic E-state index is 11.2. The summed E-state index contributed by atoms with van der Waals surface area (Å²) in [6, 6.07) is 0. The minimum Gasteiger partial charge on any atom is -0.466 e. The van der Waals surface area contributed by atoms with Gasteiger partial charge in [-0.3, -0.25) is 4.79 Å². The van der Waals surface area contributed by atoms with Crippen LogP contribution in [-0.4, -0.2) is 61.6 Å². The summed E-state index contributed by atoms with van der Waals surface area (Å²) in [5.41, 5.74) is 0.